The summed E-state index contributed by atoms with van der Waals surface area (Å²) in [6, 6.07) is 5.91. The average Bonchev–Trinajstić information content (AvgIpc) is 3.02. The minimum atomic E-state index is -0.0812. The zero-order chi connectivity index (χ0) is 12.0. The van der Waals surface area contributed by atoms with Gasteiger partial charge in [0.25, 0.3) is 5.91 Å². The number of halogens is 1. The highest BCUT2D eigenvalue weighted by Gasteiger charge is 2.26. The Balaban J connectivity index is 2.07. The smallest absolute Gasteiger partial charge is 0.263 e. The Kier molecular flexibility index (Phi) is 2.49. The molecule has 88 valence electrons. The van der Waals surface area contributed by atoms with E-state index in [-0.39, 0.29) is 5.91 Å². The first-order chi connectivity index (χ1) is 8.16. The number of nitrogens with one attached hydrogen (secondary N) is 1. The third-order valence-corrected chi connectivity index (χ3v) is 4.30. The van der Waals surface area contributed by atoms with E-state index in [9.17, 15) is 4.79 Å². The number of hydrogen-bond donors (Lipinski definition) is 2. The van der Waals surface area contributed by atoms with E-state index in [1.165, 1.54) is 11.3 Å². The Morgan fingerprint density at radius 1 is 1.47 bits per heavy atom. The summed E-state index contributed by atoms with van der Waals surface area (Å²) in [5.74, 6) is -0.0812. The second-order valence-electron chi connectivity index (χ2n) is 4.21. The topological polar surface area (TPSA) is 55.1 Å². The monoisotopic (exact) mass is 266 g/mol. The molecule has 3 nitrogen and oxygen atoms in total. The van der Waals surface area contributed by atoms with Gasteiger partial charge in [0.15, 0.2) is 0 Å². The quantitative estimate of drug-likeness (QED) is 0.878. The summed E-state index contributed by atoms with van der Waals surface area (Å²) in [5, 5.41) is 4.33. The number of nitrogen functional groups attached to an aromatic ring is 1. The van der Waals surface area contributed by atoms with Crippen LogP contribution in [0.4, 0.5) is 5.69 Å². The third kappa shape index (κ3) is 1.87. The van der Waals surface area contributed by atoms with Crippen LogP contribution in [0, 0.1) is 0 Å². The van der Waals surface area contributed by atoms with E-state index in [2.05, 4.69) is 5.32 Å². The van der Waals surface area contributed by atoms with Crippen molar-refractivity contribution in [3.63, 3.8) is 0 Å². The molecule has 0 bridgehead atoms. The molecule has 1 aliphatic rings. The molecule has 1 aromatic carbocycles. The maximum Gasteiger partial charge on any atom is 0.263 e. The Morgan fingerprint density at radius 2 is 2.24 bits per heavy atom. The van der Waals surface area contributed by atoms with Gasteiger partial charge in [-0.25, -0.2) is 0 Å². The molecule has 3 rings (SSSR count). The number of benzene rings is 1. The number of nitrogens with two attached hydrogens (primary N) is 1. The third-order valence-electron chi connectivity index (χ3n) is 2.82. The summed E-state index contributed by atoms with van der Waals surface area (Å²) in [6.45, 7) is 0. The van der Waals surface area contributed by atoms with Gasteiger partial charge in [-0.3, -0.25) is 4.79 Å². The van der Waals surface area contributed by atoms with Crippen LogP contribution >= 0.6 is 22.9 Å². The van der Waals surface area contributed by atoms with Crippen LogP contribution in [-0.2, 0) is 0 Å². The predicted molar refractivity (Wildman–Crippen MR) is 71.7 cm³/mol. The van der Waals surface area contributed by atoms with Crippen LogP contribution in [0.1, 0.15) is 22.5 Å². The molecule has 0 saturated heterocycles. The molecule has 17 heavy (non-hydrogen) atoms. The molecule has 0 atom stereocenters. The van der Waals surface area contributed by atoms with Gasteiger partial charge in [0, 0.05) is 16.1 Å². The van der Waals surface area contributed by atoms with Crippen LogP contribution in [0.15, 0.2) is 18.2 Å². The van der Waals surface area contributed by atoms with Gasteiger partial charge < -0.3 is 11.1 Å². The summed E-state index contributed by atoms with van der Waals surface area (Å²) in [7, 11) is 0. The minimum absolute atomic E-state index is 0.0812. The van der Waals surface area contributed by atoms with E-state index in [0.717, 1.165) is 22.9 Å². The number of thiophene rings is 1. The first kappa shape index (κ1) is 10.9. The first-order valence-corrected chi connectivity index (χ1v) is 6.63. The highest BCUT2D eigenvalue weighted by molar-refractivity contribution is 7.21. The lowest BCUT2D eigenvalue weighted by Crippen LogP contribution is -2.25. The highest BCUT2D eigenvalue weighted by atomic mass is 35.5. The zero-order valence-corrected chi connectivity index (χ0v) is 10.6. The molecule has 1 amide bonds. The van der Waals surface area contributed by atoms with Crippen LogP contribution in [0.2, 0.25) is 5.02 Å². The molecule has 0 aliphatic heterocycles. The molecule has 0 radical (unpaired) electrons. The SMILES string of the molecule is Nc1c(C(=O)NC2CC2)sc2cccc(Cl)c12. The van der Waals surface area contributed by atoms with E-state index in [0.29, 0.717) is 21.6 Å². The number of rotatable bonds is 2. The fraction of sp³-hybridized carbons (Fsp3) is 0.250. The van der Waals surface area contributed by atoms with E-state index < -0.39 is 0 Å². The molecule has 3 N–H and O–H groups in total. The zero-order valence-electron chi connectivity index (χ0n) is 9.00. The van der Waals surface area contributed by atoms with Crippen molar-refractivity contribution in [3.8, 4) is 0 Å². The van der Waals surface area contributed by atoms with Gasteiger partial charge >= 0.3 is 0 Å². The largest absolute Gasteiger partial charge is 0.397 e. The van der Waals surface area contributed by atoms with Crippen LogP contribution in [0.5, 0.6) is 0 Å². The van der Waals surface area contributed by atoms with Crippen molar-refractivity contribution in [1.82, 2.24) is 5.32 Å². The average molecular weight is 267 g/mol. The Bertz CT molecular complexity index is 604. The Morgan fingerprint density at radius 3 is 2.88 bits per heavy atom. The summed E-state index contributed by atoms with van der Waals surface area (Å²) in [5.41, 5.74) is 6.50. The molecular formula is C12H11ClN2OS. The molecule has 1 aromatic heterocycles. The lowest BCUT2D eigenvalue weighted by molar-refractivity contribution is 0.0956. The van der Waals surface area contributed by atoms with Crippen molar-refractivity contribution in [1.29, 1.82) is 0 Å². The number of carbonyl (C=O) groups excluding carboxylic acids is 1. The van der Waals surface area contributed by atoms with Gasteiger partial charge in [-0.1, -0.05) is 17.7 Å². The summed E-state index contributed by atoms with van der Waals surface area (Å²) in [6.07, 6.45) is 2.13. The Hall–Kier alpha value is -1.26. The number of hydrogen-bond acceptors (Lipinski definition) is 3. The first-order valence-electron chi connectivity index (χ1n) is 5.44. The van der Waals surface area contributed by atoms with Crippen molar-refractivity contribution in [3.05, 3.63) is 28.1 Å². The fourth-order valence-corrected chi connectivity index (χ4v) is 3.16. The van der Waals surface area contributed by atoms with Crippen molar-refractivity contribution < 1.29 is 4.79 Å². The second kappa shape index (κ2) is 3.89. The van der Waals surface area contributed by atoms with Crippen molar-refractivity contribution in [2.24, 2.45) is 0 Å². The molecule has 1 heterocycles. The van der Waals surface area contributed by atoms with Crippen LogP contribution < -0.4 is 11.1 Å². The maximum atomic E-state index is 12.0. The summed E-state index contributed by atoms with van der Waals surface area (Å²) >= 11 is 7.49. The van der Waals surface area contributed by atoms with E-state index in [1.54, 1.807) is 6.07 Å². The fourth-order valence-electron chi connectivity index (χ4n) is 1.78. The second-order valence-corrected chi connectivity index (χ2v) is 5.66. The minimum Gasteiger partial charge on any atom is -0.397 e. The van der Waals surface area contributed by atoms with Crippen molar-refractivity contribution in [2.45, 2.75) is 18.9 Å². The number of anilines is 1. The van der Waals surface area contributed by atoms with Gasteiger partial charge in [0.1, 0.15) is 4.88 Å². The van der Waals surface area contributed by atoms with Gasteiger partial charge in [0.2, 0.25) is 0 Å². The van der Waals surface area contributed by atoms with Gasteiger partial charge in [-0.05, 0) is 25.0 Å². The van der Waals surface area contributed by atoms with E-state index >= 15 is 0 Å². The lowest BCUT2D eigenvalue weighted by atomic mass is 10.2. The molecule has 2 aromatic rings. The summed E-state index contributed by atoms with van der Waals surface area (Å²) < 4.78 is 0.955. The van der Waals surface area contributed by atoms with Crippen LogP contribution in [-0.4, -0.2) is 11.9 Å². The summed E-state index contributed by atoms with van der Waals surface area (Å²) in [4.78, 5) is 12.5. The molecule has 0 spiro atoms. The van der Waals surface area contributed by atoms with Crippen molar-refractivity contribution in [2.75, 3.05) is 5.73 Å². The normalized spacial score (nSPS) is 15.1. The van der Waals surface area contributed by atoms with E-state index in [1.807, 2.05) is 12.1 Å². The molecule has 0 unspecified atom stereocenters. The highest BCUT2D eigenvalue weighted by Crippen LogP contribution is 2.38. The van der Waals surface area contributed by atoms with Gasteiger partial charge in [-0.15, -0.1) is 11.3 Å². The van der Waals surface area contributed by atoms with Crippen molar-refractivity contribution >= 4 is 44.6 Å². The van der Waals surface area contributed by atoms with Gasteiger partial charge in [0.05, 0.1) is 10.7 Å². The molecule has 5 heteroatoms. The van der Waals surface area contributed by atoms with Crippen LogP contribution in [0.3, 0.4) is 0 Å². The number of fused-ring (bicyclic) bond motifs is 1. The molecule has 1 aliphatic carbocycles. The lowest BCUT2D eigenvalue weighted by Gasteiger charge is -2.01. The molecule has 1 fully saturated rings. The molecular weight excluding hydrogens is 256 g/mol. The van der Waals surface area contributed by atoms with E-state index in [4.69, 9.17) is 17.3 Å². The number of amides is 1. The Labute approximate surface area is 108 Å². The molecule has 1 saturated carbocycles. The standard InChI is InChI=1S/C12H11ClN2OS/c13-7-2-1-3-8-9(7)10(14)11(17-8)12(16)15-6-4-5-6/h1-3,6H,4-5,14H2,(H,15,16). The maximum absolute atomic E-state index is 12.0. The van der Waals surface area contributed by atoms with Gasteiger partial charge in [-0.2, -0.15) is 0 Å². The van der Waals surface area contributed by atoms with Crippen LogP contribution in [0.25, 0.3) is 10.1 Å². The number of carbonyl (C=O) groups is 1. The predicted octanol–water partition coefficient (Wildman–Crippen LogP) is 3.03.